The van der Waals surface area contributed by atoms with Crippen molar-refractivity contribution in [1.29, 1.82) is 0 Å². The molecule has 0 atom stereocenters. The Morgan fingerprint density at radius 1 is 1.25 bits per heavy atom. The van der Waals surface area contributed by atoms with E-state index in [2.05, 4.69) is 19.6 Å². The summed E-state index contributed by atoms with van der Waals surface area (Å²) < 4.78 is 30.4. The third-order valence-corrected chi connectivity index (χ3v) is 5.41. The minimum Gasteiger partial charge on any atom is -0.379 e. The van der Waals surface area contributed by atoms with Gasteiger partial charge < -0.3 is 4.74 Å². The molecular formula is C10H21NO3SSi. The zero-order valence-corrected chi connectivity index (χ0v) is 12.1. The Labute approximate surface area is 99.3 Å². The zero-order chi connectivity index (χ0) is 12.2. The Bertz CT molecular complexity index is 340. The van der Waals surface area contributed by atoms with Crippen LogP contribution in [0.2, 0.25) is 25.7 Å². The first-order chi connectivity index (χ1) is 7.31. The first kappa shape index (κ1) is 13.9. The highest BCUT2D eigenvalue weighted by Crippen LogP contribution is 2.11. The van der Waals surface area contributed by atoms with E-state index < -0.39 is 18.1 Å². The van der Waals surface area contributed by atoms with E-state index in [1.54, 1.807) is 6.08 Å². The number of hydrogen-bond acceptors (Lipinski definition) is 3. The van der Waals surface area contributed by atoms with E-state index in [0.29, 0.717) is 26.3 Å². The fraction of sp³-hybridized carbons (Fsp3) is 0.800. The van der Waals surface area contributed by atoms with Gasteiger partial charge in [-0.25, -0.2) is 8.42 Å². The van der Waals surface area contributed by atoms with Gasteiger partial charge in [0.2, 0.25) is 10.0 Å². The van der Waals surface area contributed by atoms with Crippen LogP contribution in [0, 0.1) is 0 Å². The molecule has 1 aliphatic heterocycles. The Balaban J connectivity index is 2.57. The highest BCUT2D eigenvalue weighted by atomic mass is 32.2. The Kier molecular flexibility index (Phi) is 4.72. The van der Waals surface area contributed by atoms with E-state index in [-0.39, 0.29) is 0 Å². The highest BCUT2D eigenvalue weighted by molar-refractivity contribution is 7.92. The van der Waals surface area contributed by atoms with Crippen LogP contribution >= 0.6 is 0 Å². The number of nitrogens with zero attached hydrogens (tertiary/aromatic N) is 1. The molecule has 4 nitrogen and oxygen atoms in total. The van der Waals surface area contributed by atoms with E-state index in [9.17, 15) is 8.42 Å². The lowest BCUT2D eigenvalue weighted by atomic mass is 10.5. The number of sulfonamides is 1. The minimum atomic E-state index is -3.21. The van der Waals surface area contributed by atoms with Gasteiger partial charge in [-0.3, -0.25) is 0 Å². The fourth-order valence-electron chi connectivity index (χ4n) is 1.41. The third-order valence-electron chi connectivity index (χ3n) is 2.33. The Hall–Kier alpha value is -0.173. The average Bonchev–Trinajstić information content (AvgIpc) is 2.17. The molecule has 0 bridgehead atoms. The van der Waals surface area contributed by atoms with Crippen molar-refractivity contribution in [2.45, 2.75) is 25.7 Å². The Morgan fingerprint density at radius 2 is 1.81 bits per heavy atom. The molecule has 6 heteroatoms. The molecule has 0 N–H and O–H groups in total. The molecule has 0 aromatic rings. The van der Waals surface area contributed by atoms with Crippen molar-refractivity contribution in [3.63, 3.8) is 0 Å². The summed E-state index contributed by atoms with van der Waals surface area (Å²) in [6, 6.07) is 0.899. The van der Waals surface area contributed by atoms with Crippen LogP contribution in [-0.2, 0) is 14.8 Å². The quantitative estimate of drug-likeness (QED) is 0.722. The summed E-state index contributed by atoms with van der Waals surface area (Å²) in [5, 5.41) is 1.36. The second kappa shape index (κ2) is 5.44. The van der Waals surface area contributed by atoms with Gasteiger partial charge in [-0.05, 0) is 6.04 Å². The predicted octanol–water partition coefficient (Wildman–Crippen LogP) is 1.50. The number of hydrogen-bond donors (Lipinski definition) is 0. The third kappa shape index (κ3) is 4.78. The van der Waals surface area contributed by atoms with Crippen LogP contribution in [0.25, 0.3) is 0 Å². The molecule has 1 aliphatic rings. The molecule has 0 aromatic heterocycles. The number of ether oxygens (including phenoxy) is 1. The topological polar surface area (TPSA) is 46.6 Å². The predicted molar refractivity (Wildman–Crippen MR) is 68.6 cm³/mol. The second-order valence-electron chi connectivity index (χ2n) is 5.19. The van der Waals surface area contributed by atoms with Crippen molar-refractivity contribution >= 4 is 18.1 Å². The molecule has 94 valence electrons. The van der Waals surface area contributed by atoms with Gasteiger partial charge in [0.25, 0.3) is 0 Å². The zero-order valence-electron chi connectivity index (χ0n) is 10.3. The van der Waals surface area contributed by atoms with Gasteiger partial charge in [-0.1, -0.05) is 25.7 Å². The second-order valence-corrected chi connectivity index (χ2v) is 12.5. The summed E-state index contributed by atoms with van der Waals surface area (Å²) in [4.78, 5) is 0. The van der Waals surface area contributed by atoms with E-state index in [0.717, 1.165) is 6.04 Å². The van der Waals surface area contributed by atoms with Crippen LogP contribution in [-0.4, -0.2) is 47.1 Å². The van der Waals surface area contributed by atoms with Gasteiger partial charge in [0, 0.05) is 26.6 Å². The molecule has 1 fully saturated rings. The maximum absolute atomic E-state index is 11.9. The van der Waals surface area contributed by atoms with Gasteiger partial charge in [0.15, 0.2) is 0 Å². The first-order valence-corrected chi connectivity index (χ1v) is 10.8. The molecule has 0 aliphatic carbocycles. The lowest BCUT2D eigenvalue weighted by Gasteiger charge is -2.24. The van der Waals surface area contributed by atoms with Gasteiger partial charge in [-0.2, -0.15) is 4.31 Å². The summed E-state index contributed by atoms with van der Waals surface area (Å²) >= 11 is 0. The average molecular weight is 263 g/mol. The monoisotopic (exact) mass is 263 g/mol. The lowest BCUT2D eigenvalue weighted by molar-refractivity contribution is 0.0735. The van der Waals surface area contributed by atoms with Gasteiger partial charge >= 0.3 is 0 Å². The number of morpholine rings is 1. The van der Waals surface area contributed by atoms with Crippen LogP contribution in [0.1, 0.15) is 0 Å². The Morgan fingerprint density at radius 3 is 2.31 bits per heavy atom. The molecule has 1 saturated heterocycles. The summed E-state index contributed by atoms with van der Waals surface area (Å²) in [5.41, 5.74) is 0. The molecular weight excluding hydrogens is 242 g/mol. The van der Waals surface area contributed by atoms with Crippen LogP contribution in [0.5, 0.6) is 0 Å². The van der Waals surface area contributed by atoms with E-state index >= 15 is 0 Å². The summed E-state index contributed by atoms with van der Waals surface area (Å²) in [6.45, 7) is 8.61. The molecule has 1 rings (SSSR count). The molecule has 0 amide bonds. The summed E-state index contributed by atoms with van der Waals surface area (Å²) in [7, 11) is -4.41. The largest absolute Gasteiger partial charge is 0.379 e. The van der Waals surface area contributed by atoms with Crippen molar-refractivity contribution in [2.75, 3.05) is 26.3 Å². The number of allylic oxidation sites excluding steroid dienone is 1. The van der Waals surface area contributed by atoms with Gasteiger partial charge in [-0.15, -0.1) is 0 Å². The SMILES string of the molecule is C[Si](C)(C)C/C=C/S(=O)(=O)N1CCOCC1. The standard InChI is InChI=1S/C10H21NO3SSi/c1-16(2,3)10-4-9-15(12,13)11-5-7-14-8-6-11/h4,9H,5-8,10H2,1-3H3/b9-4+. The van der Waals surface area contributed by atoms with Crippen molar-refractivity contribution in [1.82, 2.24) is 4.31 Å². The van der Waals surface area contributed by atoms with Crippen LogP contribution in [0.3, 0.4) is 0 Å². The molecule has 0 aromatic carbocycles. The van der Waals surface area contributed by atoms with Crippen molar-refractivity contribution in [2.24, 2.45) is 0 Å². The summed E-state index contributed by atoms with van der Waals surface area (Å²) in [6.07, 6.45) is 1.80. The van der Waals surface area contributed by atoms with E-state index in [1.165, 1.54) is 9.71 Å². The van der Waals surface area contributed by atoms with Crippen molar-refractivity contribution in [3.05, 3.63) is 11.5 Å². The molecule has 0 spiro atoms. The molecule has 0 unspecified atom stereocenters. The molecule has 16 heavy (non-hydrogen) atoms. The minimum absolute atomic E-state index is 0.472. The van der Waals surface area contributed by atoms with Crippen LogP contribution in [0.15, 0.2) is 11.5 Å². The summed E-state index contributed by atoms with van der Waals surface area (Å²) in [5.74, 6) is 0. The molecule has 0 radical (unpaired) electrons. The van der Waals surface area contributed by atoms with E-state index in [1.807, 2.05) is 0 Å². The maximum atomic E-state index is 11.9. The van der Waals surface area contributed by atoms with Gasteiger partial charge in [0.1, 0.15) is 0 Å². The van der Waals surface area contributed by atoms with Crippen molar-refractivity contribution in [3.8, 4) is 0 Å². The highest BCUT2D eigenvalue weighted by Gasteiger charge is 2.21. The molecule has 0 saturated carbocycles. The normalized spacial score (nSPS) is 20.4. The maximum Gasteiger partial charge on any atom is 0.236 e. The molecule has 1 heterocycles. The van der Waals surface area contributed by atoms with E-state index in [4.69, 9.17) is 4.74 Å². The first-order valence-electron chi connectivity index (χ1n) is 5.56. The van der Waals surface area contributed by atoms with Crippen molar-refractivity contribution < 1.29 is 13.2 Å². The lowest BCUT2D eigenvalue weighted by Crippen LogP contribution is -2.39. The van der Waals surface area contributed by atoms with Gasteiger partial charge in [0.05, 0.1) is 13.2 Å². The van der Waals surface area contributed by atoms with Crippen LogP contribution in [0.4, 0.5) is 0 Å². The smallest absolute Gasteiger partial charge is 0.236 e. The fourth-order valence-corrected chi connectivity index (χ4v) is 3.58. The number of rotatable bonds is 4. The van der Waals surface area contributed by atoms with Crippen LogP contribution < -0.4 is 0 Å².